The number of aromatic hydroxyl groups is 1. The Morgan fingerprint density at radius 1 is 1.21 bits per heavy atom. The van der Waals surface area contributed by atoms with E-state index < -0.39 is 0 Å². The van der Waals surface area contributed by atoms with Gasteiger partial charge in [-0.15, -0.1) is 0 Å². The van der Waals surface area contributed by atoms with E-state index in [0.29, 0.717) is 17.7 Å². The van der Waals surface area contributed by atoms with Crippen LogP contribution in [-0.4, -0.2) is 29.7 Å². The molecule has 0 spiro atoms. The molecule has 1 aromatic carbocycles. The molecule has 4 nitrogen and oxygen atoms in total. The largest absolute Gasteiger partial charge is 0.508 e. The van der Waals surface area contributed by atoms with Crippen molar-refractivity contribution in [2.75, 3.05) is 13.7 Å². The van der Waals surface area contributed by atoms with Gasteiger partial charge in [-0.1, -0.05) is 49.8 Å². The Hall–Kier alpha value is -2.56. The maximum Gasteiger partial charge on any atom is 0.139 e. The molecule has 0 bridgehead atoms. The number of furan rings is 1. The van der Waals surface area contributed by atoms with E-state index in [2.05, 4.69) is 50.0 Å². The van der Waals surface area contributed by atoms with Gasteiger partial charge in [-0.3, -0.25) is 4.90 Å². The fraction of sp³-hybridized carbons (Fsp3) is 0.467. The maximum absolute atomic E-state index is 10.0. The van der Waals surface area contributed by atoms with Crippen LogP contribution in [0, 0.1) is 11.8 Å². The van der Waals surface area contributed by atoms with E-state index in [1.807, 2.05) is 18.2 Å². The molecule has 1 fully saturated rings. The molecule has 0 radical (unpaired) electrons. The Morgan fingerprint density at radius 2 is 2.06 bits per heavy atom. The number of hydrogen-bond donors (Lipinski definition) is 1. The van der Waals surface area contributed by atoms with Gasteiger partial charge in [0.1, 0.15) is 12.0 Å². The predicted molar refractivity (Wildman–Crippen MR) is 138 cm³/mol. The van der Waals surface area contributed by atoms with Gasteiger partial charge in [0.05, 0.1) is 12.5 Å². The summed E-state index contributed by atoms with van der Waals surface area (Å²) < 4.78 is 11.1. The van der Waals surface area contributed by atoms with Gasteiger partial charge in [-0.25, -0.2) is 0 Å². The molecule has 182 valence electrons. The second kappa shape index (κ2) is 11.2. The molecule has 2 aliphatic rings. The highest BCUT2D eigenvalue weighted by Gasteiger charge is 2.31. The van der Waals surface area contributed by atoms with Gasteiger partial charge in [0.15, 0.2) is 0 Å². The van der Waals surface area contributed by atoms with Gasteiger partial charge in [-0.2, -0.15) is 0 Å². The maximum atomic E-state index is 10.0. The highest BCUT2D eigenvalue weighted by atomic mass is 16.5. The van der Waals surface area contributed by atoms with Crippen LogP contribution in [-0.2, 0) is 4.74 Å². The predicted octanol–water partition coefficient (Wildman–Crippen LogP) is 7.51. The van der Waals surface area contributed by atoms with Crippen molar-refractivity contribution in [3.63, 3.8) is 0 Å². The first-order valence-corrected chi connectivity index (χ1v) is 12.7. The van der Waals surface area contributed by atoms with E-state index in [4.69, 9.17) is 9.15 Å². The molecule has 1 aromatic heterocycles. The third kappa shape index (κ3) is 5.92. The van der Waals surface area contributed by atoms with Crippen LogP contribution in [0.2, 0.25) is 0 Å². The summed E-state index contributed by atoms with van der Waals surface area (Å²) in [7, 11) is 1.78. The molecule has 0 saturated carbocycles. The minimum Gasteiger partial charge on any atom is -0.508 e. The minimum absolute atomic E-state index is 0.0335. The molecule has 1 saturated heterocycles. The van der Waals surface area contributed by atoms with Crippen LogP contribution >= 0.6 is 0 Å². The summed E-state index contributed by atoms with van der Waals surface area (Å²) in [5, 5.41) is 10.0. The van der Waals surface area contributed by atoms with Gasteiger partial charge < -0.3 is 14.3 Å². The van der Waals surface area contributed by atoms with Gasteiger partial charge in [0.25, 0.3) is 0 Å². The summed E-state index contributed by atoms with van der Waals surface area (Å²) in [6.07, 6.45) is 16.3. The number of piperidine rings is 1. The fourth-order valence-electron chi connectivity index (χ4n) is 5.40. The highest BCUT2D eigenvalue weighted by Crippen LogP contribution is 2.36. The zero-order chi connectivity index (χ0) is 24.1. The smallest absolute Gasteiger partial charge is 0.139 e. The average Bonchev–Trinajstić information content (AvgIpc) is 3.25. The van der Waals surface area contributed by atoms with Crippen molar-refractivity contribution in [3.8, 4) is 5.75 Å². The summed E-state index contributed by atoms with van der Waals surface area (Å²) in [4.78, 5) is 2.46. The number of allylic oxidation sites excluding steroid dienone is 6. The van der Waals surface area contributed by atoms with Crippen LogP contribution in [0.5, 0.6) is 5.75 Å². The Balaban J connectivity index is 1.41. The fourth-order valence-corrected chi connectivity index (χ4v) is 5.40. The van der Waals surface area contributed by atoms with E-state index in [1.54, 1.807) is 25.7 Å². The molecule has 2 aromatic rings. The number of ether oxygens (including phenoxy) is 1. The Labute approximate surface area is 204 Å². The van der Waals surface area contributed by atoms with E-state index in [9.17, 15) is 5.11 Å². The lowest BCUT2D eigenvalue weighted by molar-refractivity contribution is -0.0753. The molecule has 2 heterocycles. The summed E-state index contributed by atoms with van der Waals surface area (Å²) in [5.74, 6) is 1.52. The number of hydrogen-bond acceptors (Lipinski definition) is 4. The van der Waals surface area contributed by atoms with E-state index in [-0.39, 0.29) is 6.23 Å². The Morgan fingerprint density at radius 3 is 2.74 bits per heavy atom. The second-order valence-electron chi connectivity index (χ2n) is 10.2. The topological polar surface area (TPSA) is 45.8 Å². The van der Waals surface area contributed by atoms with Crippen LogP contribution in [0.15, 0.2) is 76.6 Å². The van der Waals surface area contributed by atoms with Crippen molar-refractivity contribution in [1.82, 2.24) is 4.90 Å². The normalized spacial score (nSPS) is 22.7. The zero-order valence-corrected chi connectivity index (χ0v) is 21.0. The molecule has 34 heavy (non-hydrogen) atoms. The number of nitrogens with zero attached hydrogens (tertiary/aromatic N) is 1. The molecule has 4 rings (SSSR count). The number of benzene rings is 1. The number of phenolic OH excluding ortho intramolecular Hbond substituents is 1. The first-order chi connectivity index (χ1) is 16.4. The first-order valence-electron chi connectivity index (χ1n) is 12.7. The van der Waals surface area contributed by atoms with E-state index in [1.165, 1.54) is 36.0 Å². The molecular weight excluding hydrogens is 422 g/mol. The van der Waals surface area contributed by atoms with Crippen molar-refractivity contribution in [2.45, 2.75) is 65.1 Å². The summed E-state index contributed by atoms with van der Waals surface area (Å²) >= 11 is 0. The van der Waals surface area contributed by atoms with Crippen molar-refractivity contribution < 1.29 is 14.3 Å². The molecule has 3 atom stereocenters. The van der Waals surface area contributed by atoms with E-state index >= 15 is 0 Å². The SMILES string of the molecule is COC(c1ccoc1)N1CCC(CCC2=CC(c3cccc(O)c3)=CC(C(C)C)=CC2)C[C@H]1C. The quantitative estimate of drug-likeness (QED) is 0.442. The third-order valence-corrected chi connectivity index (χ3v) is 7.39. The van der Waals surface area contributed by atoms with Crippen molar-refractivity contribution in [3.05, 3.63) is 83.4 Å². The second-order valence-corrected chi connectivity index (χ2v) is 10.2. The van der Waals surface area contributed by atoms with E-state index in [0.717, 1.165) is 36.4 Å². The lowest BCUT2D eigenvalue weighted by Crippen LogP contribution is -2.43. The molecule has 4 heteroatoms. The van der Waals surface area contributed by atoms with Gasteiger partial charge in [0.2, 0.25) is 0 Å². The summed E-state index contributed by atoms with van der Waals surface area (Å²) in [5.41, 5.74) is 6.23. The first kappa shape index (κ1) is 24.6. The van der Waals surface area contributed by atoms with Crippen molar-refractivity contribution in [2.24, 2.45) is 11.8 Å². The highest BCUT2D eigenvalue weighted by molar-refractivity contribution is 5.78. The molecule has 2 unspecified atom stereocenters. The lowest BCUT2D eigenvalue weighted by Gasteiger charge is -2.41. The summed E-state index contributed by atoms with van der Waals surface area (Å²) in [6.45, 7) is 7.86. The number of methoxy groups -OCH3 is 1. The molecule has 1 aliphatic heterocycles. The summed E-state index contributed by atoms with van der Waals surface area (Å²) in [6, 6.07) is 10.1. The average molecular weight is 462 g/mol. The molecule has 1 aliphatic carbocycles. The Kier molecular flexibility index (Phi) is 8.12. The van der Waals surface area contributed by atoms with Gasteiger partial charge in [0, 0.05) is 25.3 Å². The van der Waals surface area contributed by atoms with Crippen molar-refractivity contribution >= 4 is 5.57 Å². The molecule has 1 N–H and O–H groups in total. The molecule has 0 amide bonds. The van der Waals surface area contributed by atoms with Crippen LogP contribution in [0.25, 0.3) is 5.57 Å². The zero-order valence-electron chi connectivity index (χ0n) is 21.0. The van der Waals surface area contributed by atoms with Crippen LogP contribution < -0.4 is 0 Å². The van der Waals surface area contributed by atoms with Crippen molar-refractivity contribution in [1.29, 1.82) is 0 Å². The monoisotopic (exact) mass is 461 g/mol. The molecular formula is C30H39NO3. The lowest BCUT2D eigenvalue weighted by atomic mass is 9.85. The van der Waals surface area contributed by atoms with Gasteiger partial charge in [-0.05, 0) is 85.8 Å². The van der Waals surface area contributed by atoms with Crippen LogP contribution in [0.1, 0.15) is 70.2 Å². The number of rotatable bonds is 8. The van der Waals surface area contributed by atoms with Crippen LogP contribution in [0.3, 0.4) is 0 Å². The van der Waals surface area contributed by atoms with Crippen LogP contribution in [0.4, 0.5) is 0 Å². The standard InChI is InChI=1S/C30H39NO3/c1-21(2)25-11-10-23(17-28(18-25)26-6-5-7-29(32)19-26)8-9-24-12-14-31(22(3)16-24)30(33-4)27-13-15-34-20-27/h5-7,11,13,15,17-22,24,30,32H,8-10,12,14,16H2,1-4H3/t22-,24?,30?/m1/s1. The van der Waals surface area contributed by atoms with Gasteiger partial charge >= 0.3 is 0 Å². The third-order valence-electron chi connectivity index (χ3n) is 7.39. The number of phenols is 1. The minimum atomic E-state index is -0.0335. The number of likely N-dealkylation sites (tertiary alicyclic amines) is 1. The Bertz CT molecular complexity index is 1030.